The minimum atomic E-state index is -0.499. The first-order valence-electron chi connectivity index (χ1n) is 7.16. The zero-order valence-corrected chi connectivity index (χ0v) is 12.4. The van der Waals surface area contributed by atoms with Crippen LogP contribution in [0.4, 0.5) is 10.1 Å². The topological polar surface area (TPSA) is 68.0 Å². The second kappa shape index (κ2) is 6.39. The fourth-order valence-electron chi connectivity index (χ4n) is 2.18. The first-order valence-corrected chi connectivity index (χ1v) is 7.16. The summed E-state index contributed by atoms with van der Waals surface area (Å²) in [5.74, 6) is -0.988. The smallest absolute Gasteiger partial charge is 0.313 e. The Hall–Kier alpha value is -3.02. The summed E-state index contributed by atoms with van der Waals surface area (Å²) in [5.41, 5.74) is 2.13. The lowest BCUT2D eigenvalue weighted by Gasteiger charge is -2.07. The van der Waals surface area contributed by atoms with Crippen LogP contribution in [0.1, 0.15) is 23.2 Å². The van der Waals surface area contributed by atoms with Gasteiger partial charge in [-0.3, -0.25) is 4.79 Å². The molecule has 0 aliphatic heterocycles. The van der Waals surface area contributed by atoms with Crippen molar-refractivity contribution < 1.29 is 13.6 Å². The van der Waals surface area contributed by atoms with Gasteiger partial charge in [0.1, 0.15) is 5.82 Å². The van der Waals surface area contributed by atoms with Gasteiger partial charge in [0.25, 0.3) is 0 Å². The zero-order chi connectivity index (χ0) is 16.2. The highest BCUT2D eigenvalue weighted by molar-refractivity contribution is 6.01. The van der Waals surface area contributed by atoms with Crippen molar-refractivity contribution in [3.63, 3.8) is 0 Å². The summed E-state index contributed by atoms with van der Waals surface area (Å²) in [6.07, 6.45) is 0.787. The van der Waals surface area contributed by atoms with Crippen LogP contribution in [0.25, 0.3) is 11.5 Å². The van der Waals surface area contributed by atoms with E-state index in [0.717, 1.165) is 12.0 Å². The Morgan fingerprint density at radius 2 is 2.00 bits per heavy atom. The summed E-state index contributed by atoms with van der Waals surface area (Å²) in [4.78, 5) is 12.2. The van der Waals surface area contributed by atoms with Crippen molar-refractivity contribution >= 4 is 11.6 Å². The summed E-state index contributed by atoms with van der Waals surface area (Å²) in [6.45, 7) is 2.00. The van der Waals surface area contributed by atoms with Gasteiger partial charge in [-0.25, -0.2) is 4.39 Å². The fourth-order valence-corrected chi connectivity index (χ4v) is 2.18. The average molecular weight is 311 g/mol. The van der Waals surface area contributed by atoms with Gasteiger partial charge in [-0.05, 0) is 36.2 Å². The van der Waals surface area contributed by atoms with E-state index >= 15 is 0 Å². The van der Waals surface area contributed by atoms with Gasteiger partial charge in [0.05, 0.1) is 0 Å². The summed E-state index contributed by atoms with van der Waals surface area (Å²) in [5, 5.41) is 10.3. The number of amides is 1. The van der Waals surface area contributed by atoms with Crippen molar-refractivity contribution in [1.29, 1.82) is 0 Å². The Bertz CT molecular complexity index is 845. The van der Waals surface area contributed by atoms with E-state index in [2.05, 4.69) is 15.5 Å². The van der Waals surface area contributed by atoms with Crippen molar-refractivity contribution in [3.8, 4) is 11.5 Å². The molecule has 0 unspecified atom stereocenters. The molecule has 0 saturated carbocycles. The van der Waals surface area contributed by atoms with Gasteiger partial charge >= 0.3 is 11.8 Å². The highest BCUT2D eigenvalue weighted by Gasteiger charge is 2.17. The normalized spacial score (nSPS) is 10.5. The number of benzene rings is 2. The van der Waals surface area contributed by atoms with E-state index in [-0.39, 0.29) is 11.8 Å². The summed E-state index contributed by atoms with van der Waals surface area (Å²) < 4.78 is 18.6. The number of carbonyl (C=O) groups is 1. The Labute approximate surface area is 132 Å². The minimum Gasteiger partial charge on any atom is -0.412 e. The highest BCUT2D eigenvalue weighted by Crippen LogP contribution is 2.20. The molecule has 0 aliphatic rings. The third-order valence-electron chi connectivity index (χ3n) is 3.34. The van der Waals surface area contributed by atoms with Crippen LogP contribution in [-0.2, 0) is 6.42 Å². The number of carbonyl (C=O) groups excluding carboxylic acids is 1. The molecular formula is C17H14FN3O2. The van der Waals surface area contributed by atoms with Crippen LogP contribution >= 0.6 is 0 Å². The number of para-hydroxylation sites is 1. The first kappa shape index (κ1) is 14.9. The zero-order valence-electron chi connectivity index (χ0n) is 12.4. The molecule has 0 atom stereocenters. The van der Waals surface area contributed by atoms with Gasteiger partial charge < -0.3 is 9.73 Å². The number of nitrogens with zero attached hydrogens (tertiary/aromatic N) is 2. The van der Waals surface area contributed by atoms with Crippen LogP contribution in [0.5, 0.6) is 0 Å². The van der Waals surface area contributed by atoms with Gasteiger partial charge in [-0.1, -0.05) is 31.2 Å². The summed E-state index contributed by atoms with van der Waals surface area (Å²) in [7, 11) is 0. The SMILES string of the molecule is CCc1ccccc1NC(=O)c1nnc(-c2cccc(F)c2)o1. The van der Waals surface area contributed by atoms with Gasteiger partial charge in [-0.15, -0.1) is 10.2 Å². The molecule has 1 amide bonds. The second-order valence-corrected chi connectivity index (χ2v) is 4.89. The quantitative estimate of drug-likeness (QED) is 0.798. The number of hydrogen-bond acceptors (Lipinski definition) is 4. The molecule has 2 aromatic carbocycles. The molecule has 5 nitrogen and oxygen atoms in total. The third kappa shape index (κ3) is 3.26. The van der Waals surface area contributed by atoms with Crippen molar-refractivity contribution in [1.82, 2.24) is 10.2 Å². The molecule has 0 radical (unpaired) electrons. The van der Waals surface area contributed by atoms with Crippen molar-refractivity contribution in [2.24, 2.45) is 0 Å². The molecule has 0 fully saturated rings. The van der Waals surface area contributed by atoms with E-state index in [9.17, 15) is 9.18 Å². The first-order chi connectivity index (χ1) is 11.2. The van der Waals surface area contributed by atoms with E-state index in [1.807, 2.05) is 25.1 Å². The fraction of sp³-hybridized carbons (Fsp3) is 0.118. The summed E-state index contributed by atoms with van der Waals surface area (Å²) in [6, 6.07) is 13.2. The number of nitrogens with one attached hydrogen (secondary N) is 1. The molecule has 3 rings (SSSR count). The number of halogens is 1. The van der Waals surface area contributed by atoms with E-state index in [0.29, 0.717) is 11.3 Å². The largest absolute Gasteiger partial charge is 0.412 e. The lowest BCUT2D eigenvalue weighted by atomic mass is 10.1. The third-order valence-corrected chi connectivity index (χ3v) is 3.34. The van der Waals surface area contributed by atoms with Crippen molar-refractivity contribution in [2.45, 2.75) is 13.3 Å². The molecule has 0 saturated heterocycles. The van der Waals surface area contributed by atoms with Gasteiger partial charge in [0.2, 0.25) is 5.89 Å². The Morgan fingerprint density at radius 1 is 1.17 bits per heavy atom. The number of aromatic nitrogens is 2. The van der Waals surface area contributed by atoms with Crippen LogP contribution in [0.3, 0.4) is 0 Å². The molecule has 0 aliphatic carbocycles. The number of anilines is 1. The molecule has 0 spiro atoms. The molecule has 23 heavy (non-hydrogen) atoms. The number of rotatable bonds is 4. The Balaban J connectivity index is 1.81. The number of hydrogen-bond donors (Lipinski definition) is 1. The standard InChI is InChI=1S/C17H14FN3O2/c1-2-11-6-3-4-9-14(11)19-15(22)17-21-20-16(23-17)12-7-5-8-13(18)10-12/h3-10H,2H2,1H3,(H,19,22). The molecule has 0 bridgehead atoms. The van der Waals surface area contributed by atoms with E-state index in [1.54, 1.807) is 12.1 Å². The second-order valence-electron chi connectivity index (χ2n) is 4.89. The lowest BCUT2D eigenvalue weighted by molar-refractivity contribution is 0.0990. The minimum absolute atomic E-state index is 0.0958. The summed E-state index contributed by atoms with van der Waals surface area (Å²) >= 11 is 0. The molecule has 6 heteroatoms. The van der Waals surface area contributed by atoms with Gasteiger partial charge in [0.15, 0.2) is 0 Å². The van der Waals surface area contributed by atoms with E-state index < -0.39 is 11.7 Å². The predicted octanol–water partition coefficient (Wildman–Crippen LogP) is 3.69. The van der Waals surface area contributed by atoms with Crippen molar-refractivity contribution in [3.05, 3.63) is 65.8 Å². The Kier molecular flexibility index (Phi) is 4.14. The monoisotopic (exact) mass is 311 g/mol. The van der Waals surface area contributed by atoms with Crippen LogP contribution in [-0.4, -0.2) is 16.1 Å². The molecule has 1 aromatic heterocycles. The molecular weight excluding hydrogens is 297 g/mol. The van der Waals surface area contributed by atoms with Crippen LogP contribution in [0, 0.1) is 5.82 Å². The van der Waals surface area contributed by atoms with Crippen LogP contribution in [0.2, 0.25) is 0 Å². The number of aryl methyl sites for hydroxylation is 1. The Morgan fingerprint density at radius 3 is 2.78 bits per heavy atom. The highest BCUT2D eigenvalue weighted by atomic mass is 19.1. The molecule has 3 aromatic rings. The molecule has 1 heterocycles. The van der Waals surface area contributed by atoms with Gasteiger partial charge in [0, 0.05) is 11.3 Å². The van der Waals surface area contributed by atoms with E-state index in [1.165, 1.54) is 18.2 Å². The maximum atomic E-state index is 13.2. The maximum absolute atomic E-state index is 13.2. The van der Waals surface area contributed by atoms with E-state index in [4.69, 9.17) is 4.42 Å². The molecule has 1 N–H and O–H groups in total. The van der Waals surface area contributed by atoms with Crippen LogP contribution < -0.4 is 5.32 Å². The average Bonchev–Trinajstić information content (AvgIpc) is 3.05. The van der Waals surface area contributed by atoms with Crippen molar-refractivity contribution in [2.75, 3.05) is 5.32 Å². The lowest BCUT2D eigenvalue weighted by Crippen LogP contribution is -2.13. The molecule has 116 valence electrons. The predicted molar refractivity (Wildman–Crippen MR) is 83.5 cm³/mol. The van der Waals surface area contributed by atoms with Gasteiger partial charge in [-0.2, -0.15) is 0 Å². The van der Waals surface area contributed by atoms with Crippen LogP contribution in [0.15, 0.2) is 52.9 Å². The maximum Gasteiger partial charge on any atom is 0.313 e.